The SMILES string of the molecule is CCc1c2[nH]c(c1CC)C(Br)=c1[nH]c(c(CC)c1CC)=C(Br)c1[nH]c(c(CC)c1CC)C(Br)=c1[nH]c(c(CC)c1CC)=C2Br. The van der Waals surface area contributed by atoms with Crippen molar-refractivity contribution in [1.29, 1.82) is 0 Å². The first kappa shape index (κ1) is 33.9. The molecule has 0 aromatic carbocycles. The summed E-state index contributed by atoms with van der Waals surface area (Å²) in [6, 6.07) is 0. The van der Waals surface area contributed by atoms with Gasteiger partial charge in [0.1, 0.15) is 0 Å². The monoisotopic (exact) mass is 848 g/mol. The number of hydrogen-bond acceptors (Lipinski definition) is 0. The second-order valence-corrected chi connectivity index (χ2v) is 14.6. The molecule has 4 nitrogen and oxygen atoms in total. The number of rotatable bonds is 8. The van der Waals surface area contributed by atoms with Gasteiger partial charge < -0.3 is 19.9 Å². The van der Waals surface area contributed by atoms with Crippen LogP contribution in [0.25, 0.3) is 17.9 Å². The van der Waals surface area contributed by atoms with Crippen LogP contribution in [0.1, 0.15) is 123 Å². The highest BCUT2D eigenvalue weighted by Crippen LogP contribution is 2.35. The fourth-order valence-electron chi connectivity index (χ4n) is 7.43. The van der Waals surface area contributed by atoms with Gasteiger partial charge in [0.05, 0.1) is 62.1 Å². The normalized spacial score (nSPS) is 13.5. The van der Waals surface area contributed by atoms with E-state index in [1.54, 1.807) is 0 Å². The van der Waals surface area contributed by atoms with Gasteiger partial charge in [-0.2, -0.15) is 0 Å². The van der Waals surface area contributed by atoms with Gasteiger partial charge in [0.2, 0.25) is 0 Å². The van der Waals surface area contributed by atoms with E-state index >= 15 is 0 Å². The number of halogens is 4. The van der Waals surface area contributed by atoms with Gasteiger partial charge >= 0.3 is 0 Å². The first-order valence-electron chi connectivity index (χ1n) is 16.2. The number of nitrogens with one attached hydrogen (secondary N) is 4. The Balaban J connectivity index is 2.15. The molecule has 4 aromatic rings. The van der Waals surface area contributed by atoms with Gasteiger partial charge in [-0.3, -0.25) is 0 Å². The smallest absolute Gasteiger partial charge is 0.0651 e. The van der Waals surface area contributed by atoms with Crippen LogP contribution in [0.3, 0.4) is 0 Å². The lowest BCUT2D eigenvalue weighted by Gasteiger charge is -2.05. The largest absolute Gasteiger partial charge is 0.353 e. The second-order valence-electron chi connectivity index (χ2n) is 11.4. The molecule has 0 aliphatic carbocycles. The van der Waals surface area contributed by atoms with Crippen molar-refractivity contribution in [3.05, 3.63) is 88.7 Å². The summed E-state index contributed by atoms with van der Waals surface area (Å²) in [6.45, 7) is 18.1. The fourth-order valence-corrected chi connectivity index (χ4v) is 10.1. The number of fused-ring (bicyclic) bond motifs is 8. The van der Waals surface area contributed by atoms with Crippen molar-refractivity contribution in [2.45, 2.75) is 107 Å². The molecule has 0 spiro atoms. The molecule has 236 valence electrons. The van der Waals surface area contributed by atoms with E-state index in [1.807, 2.05) is 0 Å². The zero-order valence-corrected chi connectivity index (χ0v) is 33.5. The predicted molar refractivity (Wildman–Crippen MR) is 202 cm³/mol. The molecule has 0 radical (unpaired) electrons. The van der Waals surface area contributed by atoms with Crippen LogP contribution in [0.2, 0.25) is 0 Å². The zero-order valence-electron chi connectivity index (χ0n) is 27.2. The zero-order chi connectivity index (χ0) is 32.0. The third-order valence-corrected chi connectivity index (χ3v) is 12.6. The molecule has 0 saturated heterocycles. The number of H-pyrrole nitrogens is 4. The maximum absolute atomic E-state index is 4.14. The highest BCUT2D eigenvalue weighted by atomic mass is 79.9. The van der Waals surface area contributed by atoms with Gasteiger partial charge in [-0.05, 0) is 160 Å². The summed E-state index contributed by atoms with van der Waals surface area (Å²) < 4.78 is 4.36. The molecule has 5 heterocycles. The minimum absolute atomic E-state index is 0.941. The van der Waals surface area contributed by atoms with Crippen molar-refractivity contribution in [3.63, 3.8) is 0 Å². The van der Waals surface area contributed by atoms with E-state index in [2.05, 4.69) is 139 Å². The highest BCUT2D eigenvalue weighted by Gasteiger charge is 2.25. The van der Waals surface area contributed by atoms with Crippen LogP contribution in [0, 0.1) is 0 Å². The minimum Gasteiger partial charge on any atom is -0.353 e. The molecule has 1 aliphatic rings. The van der Waals surface area contributed by atoms with E-state index < -0.39 is 0 Å². The standard InChI is InChI=1S/C36H44Br4N4/c1-9-17-18(10-2)30-26(38)32-21(13-5)22(14-6)34(43-32)28(40)36-24(16-8)23(15-7)35(44-36)27(39)33-20(12-4)19(11-3)31(42-33)25(37)29(17)41-30/h41-44H,9-16H2,1-8H3. The average Bonchev–Trinajstić information content (AvgIpc) is 3.80. The second kappa shape index (κ2) is 13.7. The van der Waals surface area contributed by atoms with Gasteiger partial charge in [0.15, 0.2) is 0 Å². The van der Waals surface area contributed by atoms with Crippen molar-refractivity contribution in [1.82, 2.24) is 19.9 Å². The highest BCUT2D eigenvalue weighted by molar-refractivity contribution is 9.15. The van der Waals surface area contributed by atoms with Crippen LogP contribution in [0.5, 0.6) is 0 Å². The predicted octanol–water partition coefficient (Wildman–Crippen LogP) is 8.02. The number of aromatic nitrogens is 4. The number of aromatic amines is 4. The van der Waals surface area contributed by atoms with E-state index in [0.29, 0.717) is 0 Å². The molecule has 4 aromatic heterocycles. The van der Waals surface area contributed by atoms with E-state index in [9.17, 15) is 0 Å². The summed E-state index contributed by atoms with van der Waals surface area (Å²) in [7, 11) is 0. The van der Waals surface area contributed by atoms with Crippen LogP contribution in [-0.2, 0) is 51.4 Å². The molecule has 1 aliphatic heterocycles. The van der Waals surface area contributed by atoms with Crippen LogP contribution in [0.15, 0.2) is 0 Å². The van der Waals surface area contributed by atoms with Crippen molar-refractivity contribution in [3.8, 4) is 0 Å². The Morgan fingerprint density at radius 1 is 0.295 bits per heavy atom. The molecule has 0 unspecified atom stereocenters. The van der Waals surface area contributed by atoms with Crippen molar-refractivity contribution >= 4 is 81.6 Å². The molecule has 0 fully saturated rings. The van der Waals surface area contributed by atoms with Gasteiger partial charge in [-0.1, -0.05) is 55.4 Å². The van der Waals surface area contributed by atoms with Gasteiger partial charge in [0.25, 0.3) is 0 Å². The maximum Gasteiger partial charge on any atom is 0.0651 e. The summed E-state index contributed by atoms with van der Waals surface area (Å²) >= 11 is 16.5. The molecular weight excluding hydrogens is 808 g/mol. The average molecular weight is 852 g/mol. The molecule has 0 amide bonds. The Hall–Kier alpha value is -1.48. The molecule has 8 bridgehead atoms. The number of hydrogen-bond donors (Lipinski definition) is 4. The van der Waals surface area contributed by atoms with Crippen molar-refractivity contribution in [2.24, 2.45) is 0 Å². The molecular formula is C36H44Br4N4. The van der Waals surface area contributed by atoms with Crippen LogP contribution >= 0.6 is 63.7 Å². The summed E-state index contributed by atoms with van der Waals surface area (Å²) in [4.78, 5) is 15.7. The van der Waals surface area contributed by atoms with E-state index in [4.69, 9.17) is 0 Å². The quantitative estimate of drug-likeness (QED) is 0.139. The van der Waals surface area contributed by atoms with Crippen LogP contribution < -0.4 is 21.4 Å². The third kappa shape index (κ3) is 5.18. The van der Waals surface area contributed by atoms with Crippen molar-refractivity contribution < 1.29 is 0 Å². The molecule has 0 saturated carbocycles. The first-order chi connectivity index (χ1) is 21.2. The van der Waals surface area contributed by atoms with Gasteiger partial charge in [0, 0.05) is 0 Å². The Morgan fingerprint density at radius 2 is 0.477 bits per heavy atom. The minimum atomic E-state index is 0.941. The fraction of sp³-hybridized carbons (Fsp3) is 0.444. The van der Waals surface area contributed by atoms with E-state index in [1.165, 1.54) is 44.5 Å². The molecule has 44 heavy (non-hydrogen) atoms. The van der Waals surface area contributed by atoms with Gasteiger partial charge in [-0.15, -0.1) is 0 Å². The lowest BCUT2D eigenvalue weighted by molar-refractivity contribution is 1.03. The molecule has 5 rings (SSSR count). The summed E-state index contributed by atoms with van der Waals surface area (Å²) in [5.41, 5.74) is 15.5. The Labute approximate surface area is 294 Å². The van der Waals surface area contributed by atoms with Gasteiger partial charge in [-0.25, -0.2) is 0 Å². The lowest BCUT2D eigenvalue weighted by Crippen LogP contribution is -2.17. The van der Waals surface area contributed by atoms with Crippen LogP contribution in [0.4, 0.5) is 0 Å². The third-order valence-electron chi connectivity index (χ3n) is 9.46. The van der Waals surface area contributed by atoms with E-state index in [-0.39, 0.29) is 0 Å². The maximum atomic E-state index is 4.14. The Kier molecular flexibility index (Phi) is 10.6. The van der Waals surface area contributed by atoms with Crippen molar-refractivity contribution in [2.75, 3.05) is 0 Å². The molecule has 4 N–H and O–H groups in total. The van der Waals surface area contributed by atoms with Crippen LogP contribution in [-0.4, -0.2) is 19.9 Å². The topological polar surface area (TPSA) is 63.2 Å². The van der Waals surface area contributed by atoms with E-state index in [0.717, 1.165) is 113 Å². The summed E-state index contributed by atoms with van der Waals surface area (Å²) in [5, 5.41) is 4.62. The first-order valence-corrected chi connectivity index (χ1v) is 19.4. The Morgan fingerprint density at radius 3 is 0.636 bits per heavy atom. The summed E-state index contributed by atoms with van der Waals surface area (Å²) in [6.07, 6.45) is 7.53. The molecule has 0 atom stereocenters. The summed E-state index contributed by atoms with van der Waals surface area (Å²) in [5.74, 6) is 0. The lowest BCUT2D eigenvalue weighted by atomic mass is 10.0. The Bertz CT molecular complexity index is 1720. The molecule has 8 heteroatoms.